The summed E-state index contributed by atoms with van der Waals surface area (Å²) < 4.78 is 4.66. The normalized spacial score (nSPS) is 21.3. The molecule has 0 bridgehead atoms. The van der Waals surface area contributed by atoms with Crippen molar-refractivity contribution in [3.05, 3.63) is 29.3 Å². The number of aryl methyl sites for hydroxylation is 1. The first-order valence-corrected chi connectivity index (χ1v) is 6.02. The van der Waals surface area contributed by atoms with Gasteiger partial charge >= 0.3 is 5.97 Å². The van der Waals surface area contributed by atoms with E-state index < -0.39 is 5.97 Å². The Hall–Kier alpha value is -1.84. The number of hydrogen-bond acceptors (Lipinski definition) is 3. The molecule has 2 rings (SSSR count). The standard InChI is InChI=1S/C14H17NO3/c1-8-4-5-10(14(17)18-3)7-12(8)15-13(16)11-6-9(11)2/h4-5,7,9,11H,6H2,1-3H3,(H,15,16)/t9-,11+/m0/s1. The van der Waals surface area contributed by atoms with E-state index in [1.165, 1.54) is 7.11 Å². The lowest BCUT2D eigenvalue weighted by atomic mass is 10.1. The number of rotatable bonds is 3. The maximum Gasteiger partial charge on any atom is 0.337 e. The van der Waals surface area contributed by atoms with Gasteiger partial charge in [-0.25, -0.2) is 4.79 Å². The van der Waals surface area contributed by atoms with Crippen LogP contribution in [0.2, 0.25) is 0 Å². The van der Waals surface area contributed by atoms with Gasteiger partial charge < -0.3 is 10.1 Å². The minimum atomic E-state index is -0.398. The molecule has 96 valence electrons. The Labute approximate surface area is 106 Å². The quantitative estimate of drug-likeness (QED) is 0.834. The molecule has 0 spiro atoms. The van der Waals surface area contributed by atoms with Crippen LogP contribution in [0, 0.1) is 18.8 Å². The maximum absolute atomic E-state index is 11.9. The average molecular weight is 247 g/mol. The number of anilines is 1. The monoisotopic (exact) mass is 247 g/mol. The van der Waals surface area contributed by atoms with Gasteiger partial charge in [0.15, 0.2) is 0 Å². The first kappa shape index (κ1) is 12.6. The predicted molar refractivity (Wildman–Crippen MR) is 68.4 cm³/mol. The second-order valence-corrected chi connectivity index (χ2v) is 4.83. The summed E-state index contributed by atoms with van der Waals surface area (Å²) in [6.45, 7) is 3.95. The minimum Gasteiger partial charge on any atom is -0.465 e. The van der Waals surface area contributed by atoms with Crippen molar-refractivity contribution >= 4 is 17.6 Å². The Bertz CT molecular complexity index is 496. The number of hydrogen-bond donors (Lipinski definition) is 1. The molecular formula is C14H17NO3. The van der Waals surface area contributed by atoms with Gasteiger partial charge in [-0.3, -0.25) is 4.79 Å². The summed E-state index contributed by atoms with van der Waals surface area (Å²) in [5, 5.41) is 2.88. The molecule has 1 aromatic carbocycles. The van der Waals surface area contributed by atoms with Crippen molar-refractivity contribution in [1.29, 1.82) is 0 Å². The van der Waals surface area contributed by atoms with Crippen LogP contribution < -0.4 is 5.32 Å². The van der Waals surface area contributed by atoms with Crippen molar-refractivity contribution < 1.29 is 14.3 Å². The van der Waals surface area contributed by atoms with Gasteiger partial charge in [0, 0.05) is 11.6 Å². The van der Waals surface area contributed by atoms with Gasteiger partial charge in [0.2, 0.25) is 5.91 Å². The Morgan fingerprint density at radius 2 is 2.06 bits per heavy atom. The van der Waals surface area contributed by atoms with Gasteiger partial charge in [-0.15, -0.1) is 0 Å². The number of carbonyl (C=O) groups is 2. The highest BCUT2D eigenvalue weighted by atomic mass is 16.5. The molecule has 2 atom stereocenters. The third-order valence-electron chi connectivity index (χ3n) is 3.36. The lowest BCUT2D eigenvalue weighted by molar-refractivity contribution is -0.117. The van der Waals surface area contributed by atoms with E-state index in [2.05, 4.69) is 17.0 Å². The van der Waals surface area contributed by atoms with E-state index in [0.29, 0.717) is 17.2 Å². The van der Waals surface area contributed by atoms with E-state index in [0.717, 1.165) is 12.0 Å². The number of amides is 1. The van der Waals surface area contributed by atoms with Crippen LogP contribution in [0.5, 0.6) is 0 Å². The number of carbonyl (C=O) groups excluding carboxylic acids is 2. The second-order valence-electron chi connectivity index (χ2n) is 4.83. The summed E-state index contributed by atoms with van der Waals surface area (Å²) in [5.41, 5.74) is 2.06. The van der Waals surface area contributed by atoms with Crippen LogP contribution in [-0.4, -0.2) is 19.0 Å². The number of methoxy groups -OCH3 is 1. The Kier molecular flexibility index (Phi) is 3.36. The third kappa shape index (κ3) is 2.53. The van der Waals surface area contributed by atoms with Crippen LogP contribution in [0.25, 0.3) is 0 Å². The molecule has 0 aromatic heterocycles. The van der Waals surface area contributed by atoms with Crippen molar-refractivity contribution in [3.8, 4) is 0 Å². The molecule has 0 radical (unpaired) electrons. The number of ether oxygens (including phenoxy) is 1. The highest BCUT2D eigenvalue weighted by Crippen LogP contribution is 2.38. The van der Waals surface area contributed by atoms with Crippen LogP contribution in [0.15, 0.2) is 18.2 Å². The molecule has 1 amide bonds. The topological polar surface area (TPSA) is 55.4 Å². The molecule has 0 unspecified atom stereocenters. The second kappa shape index (κ2) is 4.80. The Morgan fingerprint density at radius 3 is 2.61 bits per heavy atom. The highest BCUT2D eigenvalue weighted by molar-refractivity contribution is 5.97. The maximum atomic E-state index is 11.9. The molecule has 1 aliphatic rings. The molecule has 1 aromatic rings. The van der Waals surface area contributed by atoms with Crippen LogP contribution in [-0.2, 0) is 9.53 Å². The summed E-state index contributed by atoms with van der Waals surface area (Å²) >= 11 is 0. The van der Waals surface area contributed by atoms with Crippen LogP contribution in [0.3, 0.4) is 0 Å². The smallest absolute Gasteiger partial charge is 0.337 e. The Balaban J connectivity index is 2.16. The number of esters is 1. The van der Waals surface area contributed by atoms with E-state index >= 15 is 0 Å². The zero-order valence-electron chi connectivity index (χ0n) is 10.8. The molecule has 18 heavy (non-hydrogen) atoms. The molecule has 1 aliphatic carbocycles. The molecule has 1 fully saturated rings. The van der Waals surface area contributed by atoms with Crippen molar-refractivity contribution in [2.45, 2.75) is 20.3 Å². The van der Waals surface area contributed by atoms with Crippen LogP contribution in [0.4, 0.5) is 5.69 Å². The first-order chi connectivity index (χ1) is 8.52. The predicted octanol–water partition coefficient (Wildman–Crippen LogP) is 2.38. The lowest BCUT2D eigenvalue weighted by Crippen LogP contribution is -2.16. The van der Waals surface area contributed by atoms with Crippen molar-refractivity contribution in [2.75, 3.05) is 12.4 Å². The van der Waals surface area contributed by atoms with E-state index in [1.54, 1.807) is 18.2 Å². The van der Waals surface area contributed by atoms with Gasteiger partial charge in [-0.1, -0.05) is 13.0 Å². The van der Waals surface area contributed by atoms with Crippen LogP contribution in [0.1, 0.15) is 29.3 Å². The van der Waals surface area contributed by atoms with Crippen molar-refractivity contribution in [1.82, 2.24) is 0 Å². The summed E-state index contributed by atoms with van der Waals surface area (Å²) in [7, 11) is 1.34. The third-order valence-corrected chi connectivity index (χ3v) is 3.36. The van der Waals surface area contributed by atoms with Gasteiger partial charge in [0.1, 0.15) is 0 Å². The number of benzene rings is 1. The van der Waals surface area contributed by atoms with Crippen LogP contribution >= 0.6 is 0 Å². The Morgan fingerprint density at radius 1 is 1.39 bits per heavy atom. The van der Waals surface area contributed by atoms with Crippen molar-refractivity contribution in [2.24, 2.45) is 11.8 Å². The zero-order valence-corrected chi connectivity index (χ0v) is 10.8. The zero-order chi connectivity index (χ0) is 13.3. The average Bonchev–Trinajstić information content (AvgIpc) is 3.08. The minimum absolute atomic E-state index is 0.0348. The molecular weight excluding hydrogens is 230 g/mol. The molecule has 4 nitrogen and oxygen atoms in total. The van der Waals surface area contributed by atoms with E-state index in [1.807, 2.05) is 6.92 Å². The fourth-order valence-electron chi connectivity index (χ4n) is 1.91. The molecule has 0 saturated heterocycles. The van der Waals surface area contributed by atoms with E-state index in [-0.39, 0.29) is 11.8 Å². The number of nitrogens with one attached hydrogen (secondary N) is 1. The lowest BCUT2D eigenvalue weighted by Gasteiger charge is -2.09. The largest absolute Gasteiger partial charge is 0.465 e. The highest BCUT2D eigenvalue weighted by Gasteiger charge is 2.39. The summed E-state index contributed by atoms with van der Waals surface area (Å²) in [6.07, 6.45) is 0.946. The fraction of sp³-hybridized carbons (Fsp3) is 0.429. The van der Waals surface area contributed by atoms with E-state index in [4.69, 9.17) is 0 Å². The summed E-state index contributed by atoms with van der Waals surface area (Å²) in [5.74, 6) is 0.221. The fourth-order valence-corrected chi connectivity index (χ4v) is 1.91. The van der Waals surface area contributed by atoms with Gasteiger partial charge in [0.05, 0.1) is 12.7 Å². The molecule has 4 heteroatoms. The molecule has 0 aliphatic heterocycles. The van der Waals surface area contributed by atoms with E-state index in [9.17, 15) is 9.59 Å². The first-order valence-electron chi connectivity index (χ1n) is 6.02. The molecule has 1 saturated carbocycles. The summed E-state index contributed by atoms with van der Waals surface area (Å²) in [6, 6.07) is 5.15. The van der Waals surface area contributed by atoms with Crippen molar-refractivity contribution in [3.63, 3.8) is 0 Å². The summed E-state index contributed by atoms with van der Waals surface area (Å²) in [4.78, 5) is 23.3. The molecule has 0 heterocycles. The SMILES string of the molecule is COC(=O)c1ccc(C)c(NC(=O)[C@@H]2C[C@@H]2C)c1. The van der Waals surface area contributed by atoms with Gasteiger partial charge in [-0.05, 0) is 37.0 Å². The van der Waals surface area contributed by atoms with Gasteiger partial charge in [-0.2, -0.15) is 0 Å². The molecule has 1 N–H and O–H groups in total. The van der Waals surface area contributed by atoms with Gasteiger partial charge in [0.25, 0.3) is 0 Å².